The zero-order valence-corrected chi connectivity index (χ0v) is 17.0. The molecule has 4 aromatic rings. The zero-order chi connectivity index (χ0) is 20.2. The Morgan fingerprint density at radius 1 is 1.03 bits per heavy atom. The van der Waals surface area contributed by atoms with Gasteiger partial charge >= 0.3 is 0 Å². The highest BCUT2D eigenvalue weighted by molar-refractivity contribution is 7.99. The molecule has 0 fully saturated rings. The fourth-order valence-electron chi connectivity index (χ4n) is 2.93. The molecule has 0 aliphatic carbocycles. The third kappa shape index (κ3) is 4.04. The maximum absolute atomic E-state index is 12.0. The van der Waals surface area contributed by atoms with E-state index in [0.29, 0.717) is 33.4 Å². The number of halogens is 1. The first-order valence-corrected chi connectivity index (χ1v) is 10.0. The van der Waals surface area contributed by atoms with Gasteiger partial charge in [0, 0.05) is 22.3 Å². The van der Waals surface area contributed by atoms with E-state index >= 15 is 0 Å². The molecule has 2 aromatic carbocycles. The Morgan fingerprint density at radius 2 is 1.79 bits per heavy atom. The first-order valence-electron chi connectivity index (χ1n) is 8.82. The molecule has 0 aliphatic rings. The highest BCUT2D eigenvalue weighted by Gasteiger charge is 2.23. The maximum Gasteiger partial charge on any atom is 0.218 e. The molecule has 0 bridgehead atoms. The summed E-state index contributed by atoms with van der Waals surface area (Å²) in [4.78, 5) is 18.9. The number of carbonyl (C=O) groups excluding carboxylic acids is 1. The van der Waals surface area contributed by atoms with Crippen molar-refractivity contribution in [3.63, 3.8) is 0 Å². The fourth-order valence-corrected chi connectivity index (χ4v) is 3.93. The van der Waals surface area contributed by atoms with E-state index in [-0.39, 0.29) is 0 Å². The lowest BCUT2D eigenvalue weighted by Gasteiger charge is -2.18. The lowest BCUT2D eigenvalue weighted by atomic mass is 10.1. The van der Waals surface area contributed by atoms with Gasteiger partial charge in [0.2, 0.25) is 6.41 Å². The first-order chi connectivity index (χ1) is 14.2. The molecule has 0 N–H and O–H groups in total. The van der Waals surface area contributed by atoms with Crippen LogP contribution in [0.25, 0.3) is 11.3 Å². The Bertz CT molecular complexity index is 1130. The van der Waals surface area contributed by atoms with Gasteiger partial charge in [0.05, 0.1) is 5.02 Å². The van der Waals surface area contributed by atoms with Crippen molar-refractivity contribution in [3.05, 3.63) is 83.7 Å². The Morgan fingerprint density at radius 3 is 2.48 bits per heavy atom. The number of aryl methyl sites for hydroxylation is 1. The van der Waals surface area contributed by atoms with Crippen LogP contribution in [0.15, 0.2) is 87.4 Å². The van der Waals surface area contributed by atoms with Crippen LogP contribution in [0.3, 0.4) is 0 Å². The summed E-state index contributed by atoms with van der Waals surface area (Å²) < 4.78 is 5.39. The molecule has 7 heteroatoms. The van der Waals surface area contributed by atoms with Crippen LogP contribution >= 0.6 is 23.4 Å². The molecule has 144 valence electrons. The number of anilines is 2. The number of hydrogen-bond donors (Lipinski definition) is 0. The second-order valence-corrected chi connectivity index (χ2v) is 7.66. The summed E-state index contributed by atoms with van der Waals surface area (Å²) in [5, 5.41) is 5.59. The van der Waals surface area contributed by atoms with E-state index < -0.39 is 0 Å². The van der Waals surface area contributed by atoms with Crippen molar-refractivity contribution in [3.8, 4) is 11.3 Å². The van der Waals surface area contributed by atoms with Gasteiger partial charge in [-0.3, -0.25) is 9.69 Å². The maximum atomic E-state index is 12.0. The highest BCUT2D eigenvalue weighted by Crippen LogP contribution is 2.39. The van der Waals surface area contributed by atoms with E-state index in [4.69, 9.17) is 16.1 Å². The van der Waals surface area contributed by atoms with Gasteiger partial charge in [-0.2, -0.15) is 0 Å². The average molecular weight is 422 g/mol. The van der Waals surface area contributed by atoms with Crippen LogP contribution in [0.1, 0.15) is 5.76 Å². The molecule has 4 rings (SSSR count). The number of hydrogen-bond acceptors (Lipinski definition) is 5. The van der Waals surface area contributed by atoms with Gasteiger partial charge in [-0.1, -0.05) is 52.8 Å². The Kier molecular flexibility index (Phi) is 5.64. The van der Waals surface area contributed by atoms with E-state index in [0.717, 1.165) is 16.3 Å². The fraction of sp³-hybridized carbons (Fsp3) is 0.0455. The van der Waals surface area contributed by atoms with Gasteiger partial charge in [-0.05, 0) is 49.4 Å². The van der Waals surface area contributed by atoms with E-state index in [1.165, 1.54) is 4.90 Å². The SMILES string of the molecule is Cc1onc(-c2ccccc2Cl)c1N(C=O)c1ccc(Sc2ccccn2)cc1. The third-order valence-electron chi connectivity index (χ3n) is 4.28. The van der Waals surface area contributed by atoms with Crippen LogP contribution in [0.5, 0.6) is 0 Å². The van der Waals surface area contributed by atoms with E-state index in [2.05, 4.69) is 10.1 Å². The lowest BCUT2D eigenvalue weighted by molar-refractivity contribution is -0.106. The Labute approximate surface area is 177 Å². The van der Waals surface area contributed by atoms with Gasteiger partial charge in [-0.15, -0.1) is 0 Å². The number of aromatic nitrogens is 2. The monoisotopic (exact) mass is 421 g/mol. The molecule has 0 saturated heterocycles. The predicted molar refractivity (Wildman–Crippen MR) is 115 cm³/mol. The lowest BCUT2D eigenvalue weighted by Crippen LogP contribution is -2.15. The van der Waals surface area contributed by atoms with Crippen LogP contribution in [-0.4, -0.2) is 16.6 Å². The van der Waals surface area contributed by atoms with Crippen molar-refractivity contribution < 1.29 is 9.32 Å². The van der Waals surface area contributed by atoms with E-state index in [1.54, 1.807) is 30.9 Å². The number of benzene rings is 2. The van der Waals surface area contributed by atoms with Crippen molar-refractivity contribution in [2.75, 3.05) is 4.90 Å². The number of pyridine rings is 1. The summed E-state index contributed by atoms with van der Waals surface area (Å²) in [6.45, 7) is 1.77. The van der Waals surface area contributed by atoms with Crippen LogP contribution in [0.2, 0.25) is 5.02 Å². The minimum absolute atomic E-state index is 0.520. The number of nitrogens with zero attached hydrogens (tertiary/aromatic N) is 3. The molecule has 2 aromatic heterocycles. The van der Waals surface area contributed by atoms with Gasteiger partial charge < -0.3 is 4.52 Å². The quantitative estimate of drug-likeness (QED) is 0.350. The second kappa shape index (κ2) is 8.51. The molecule has 29 heavy (non-hydrogen) atoms. The summed E-state index contributed by atoms with van der Waals surface area (Å²) in [6, 6.07) is 20.8. The van der Waals surface area contributed by atoms with Gasteiger partial charge in [0.15, 0.2) is 5.76 Å². The summed E-state index contributed by atoms with van der Waals surface area (Å²) in [6.07, 6.45) is 2.51. The summed E-state index contributed by atoms with van der Waals surface area (Å²) in [5.74, 6) is 0.527. The molecule has 0 saturated carbocycles. The van der Waals surface area contributed by atoms with Crippen molar-refractivity contribution >= 4 is 41.1 Å². The molecular weight excluding hydrogens is 406 g/mol. The van der Waals surface area contributed by atoms with Gasteiger partial charge in [0.1, 0.15) is 16.4 Å². The smallest absolute Gasteiger partial charge is 0.218 e. The van der Waals surface area contributed by atoms with Gasteiger partial charge in [-0.25, -0.2) is 4.98 Å². The Balaban J connectivity index is 1.67. The molecule has 0 radical (unpaired) electrons. The molecule has 0 aliphatic heterocycles. The molecule has 0 spiro atoms. The highest BCUT2D eigenvalue weighted by atomic mass is 35.5. The topological polar surface area (TPSA) is 59.2 Å². The van der Waals surface area contributed by atoms with E-state index in [1.807, 2.05) is 60.7 Å². The number of rotatable bonds is 6. The molecule has 5 nitrogen and oxygen atoms in total. The van der Waals surface area contributed by atoms with Crippen LogP contribution in [0.4, 0.5) is 11.4 Å². The predicted octanol–water partition coefficient (Wildman–Crippen LogP) is 6.14. The minimum atomic E-state index is 0.520. The first kappa shape index (κ1) is 19.2. The Hall–Kier alpha value is -3.09. The van der Waals surface area contributed by atoms with E-state index in [9.17, 15) is 4.79 Å². The molecule has 2 heterocycles. The molecule has 0 atom stereocenters. The summed E-state index contributed by atoms with van der Waals surface area (Å²) in [7, 11) is 0. The van der Waals surface area contributed by atoms with Gasteiger partial charge in [0.25, 0.3) is 0 Å². The van der Waals surface area contributed by atoms with Crippen LogP contribution in [-0.2, 0) is 4.79 Å². The van der Waals surface area contributed by atoms with Crippen LogP contribution in [0, 0.1) is 6.92 Å². The molecule has 0 unspecified atom stereocenters. The largest absolute Gasteiger partial charge is 0.359 e. The number of carbonyl (C=O) groups is 1. The summed E-state index contributed by atoms with van der Waals surface area (Å²) in [5.41, 5.74) is 2.49. The summed E-state index contributed by atoms with van der Waals surface area (Å²) >= 11 is 7.89. The van der Waals surface area contributed by atoms with Crippen molar-refractivity contribution in [2.45, 2.75) is 16.8 Å². The third-order valence-corrected chi connectivity index (χ3v) is 5.57. The normalized spacial score (nSPS) is 10.7. The average Bonchev–Trinajstić information content (AvgIpc) is 3.12. The minimum Gasteiger partial charge on any atom is -0.359 e. The molecular formula is C22H16ClN3O2S. The van der Waals surface area contributed by atoms with Crippen molar-refractivity contribution in [2.24, 2.45) is 0 Å². The van der Waals surface area contributed by atoms with Crippen molar-refractivity contribution in [1.29, 1.82) is 0 Å². The second-order valence-electron chi connectivity index (χ2n) is 6.16. The zero-order valence-electron chi connectivity index (χ0n) is 15.4. The van der Waals surface area contributed by atoms with Crippen LogP contribution < -0.4 is 4.90 Å². The standard InChI is InChI=1S/C22H16ClN3O2S/c1-15-22(21(25-28-15)18-6-2-3-7-19(18)23)26(14-27)16-9-11-17(12-10-16)29-20-8-4-5-13-24-20/h2-14H,1H3. The molecule has 1 amide bonds. The van der Waals surface area contributed by atoms with Crippen molar-refractivity contribution in [1.82, 2.24) is 10.1 Å². The number of amides is 1.